The Hall–Kier alpha value is -1.94. The summed E-state index contributed by atoms with van der Waals surface area (Å²) in [5.41, 5.74) is 0. The lowest BCUT2D eigenvalue weighted by molar-refractivity contribution is -0.161. The molecule has 0 aliphatic carbocycles. The van der Waals surface area contributed by atoms with E-state index in [1.807, 2.05) is 0 Å². The van der Waals surface area contributed by atoms with Crippen molar-refractivity contribution in [1.29, 1.82) is 0 Å². The van der Waals surface area contributed by atoms with Gasteiger partial charge < -0.3 is 33.8 Å². The number of hydrogen-bond acceptors (Lipinski definition) is 15. The van der Waals surface area contributed by atoms with Gasteiger partial charge in [0, 0.05) is 25.7 Å². The van der Waals surface area contributed by atoms with Gasteiger partial charge in [-0.05, 0) is 25.7 Å². The van der Waals surface area contributed by atoms with Crippen LogP contribution in [0.4, 0.5) is 0 Å². The number of phosphoric acid groups is 2. The van der Waals surface area contributed by atoms with E-state index in [4.69, 9.17) is 37.0 Å². The molecular weight excluding hydrogens is 1170 g/mol. The summed E-state index contributed by atoms with van der Waals surface area (Å²) in [5.74, 6) is -2.13. The van der Waals surface area contributed by atoms with E-state index in [0.29, 0.717) is 25.7 Å². The van der Waals surface area contributed by atoms with Crippen molar-refractivity contribution in [2.24, 2.45) is 0 Å². The summed E-state index contributed by atoms with van der Waals surface area (Å²) >= 11 is 0. The number of carbonyl (C=O) groups excluding carboxylic acids is 4. The molecule has 3 N–H and O–H groups in total. The molecule has 17 nitrogen and oxygen atoms in total. The second-order valence-electron chi connectivity index (χ2n) is 25.3. The van der Waals surface area contributed by atoms with Gasteiger partial charge in [0.15, 0.2) is 12.2 Å². The highest BCUT2D eigenvalue weighted by Crippen LogP contribution is 2.45. The van der Waals surface area contributed by atoms with Gasteiger partial charge >= 0.3 is 39.5 Å². The Morgan fingerprint density at radius 1 is 0.270 bits per heavy atom. The van der Waals surface area contributed by atoms with Crippen molar-refractivity contribution in [2.75, 3.05) is 39.6 Å². The molecule has 0 aromatic carbocycles. The maximum atomic E-state index is 13.0. The van der Waals surface area contributed by atoms with Crippen LogP contribution < -0.4 is 0 Å². The number of carbonyl (C=O) groups is 4. The Kier molecular flexibility index (Phi) is 63.3. The van der Waals surface area contributed by atoms with Crippen LogP contribution in [-0.4, -0.2) is 96.7 Å². The minimum atomic E-state index is -4.95. The molecule has 0 aliphatic heterocycles. The number of hydrogen-bond donors (Lipinski definition) is 3. The van der Waals surface area contributed by atoms with Crippen LogP contribution in [-0.2, 0) is 65.4 Å². The van der Waals surface area contributed by atoms with E-state index < -0.39 is 97.5 Å². The fraction of sp³-hybridized carbons (Fsp3) is 0.943. The minimum absolute atomic E-state index is 0.106. The Balaban J connectivity index is 5.12. The van der Waals surface area contributed by atoms with Crippen molar-refractivity contribution in [3.63, 3.8) is 0 Å². The Labute approximate surface area is 543 Å². The van der Waals surface area contributed by atoms with Gasteiger partial charge in [-0.15, -0.1) is 0 Å². The summed E-state index contributed by atoms with van der Waals surface area (Å²) in [6.45, 7) is 4.88. The Bertz CT molecular complexity index is 1710. The molecule has 2 unspecified atom stereocenters. The maximum absolute atomic E-state index is 13.0. The molecule has 5 atom stereocenters. The third-order valence-electron chi connectivity index (χ3n) is 16.4. The first-order valence-electron chi connectivity index (χ1n) is 36.8. The predicted molar refractivity (Wildman–Crippen MR) is 359 cm³/mol. The summed E-state index contributed by atoms with van der Waals surface area (Å²) in [7, 11) is -9.89. The summed E-state index contributed by atoms with van der Waals surface area (Å²) in [6.07, 6.45) is 53.0. The first-order chi connectivity index (χ1) is 43.2. The highest BCUT2D eigenvalue weighted by Gasteiger charge is 2.30. The number of aliphatic hydroxyl groups is 1. The molecule has 0 amide bonds. The SMILES string of the molecule is CCCCCCCCCCCCCCCCCCCCCCCC(=O)O[C@H](COC(=O)CCCCCCCCCCCCCC)COP(=O)(O)OC[C@@H](O)COP(=O)(O)OC[C@@H](COC(=O)CCCCCCCCC)OC(=O)CCCCCCCCCCC. The van der Waals surface area contributed by atoms with Gasteiger partial charge in [-0.2, -0.15) is 0 Å². The van der Waals surface area contributed by atoms with E-state index in [9.17, 15) is 43.2 Å². The van der Waals surface area contributed by atoms with Crippen molar-refractivity contribution in [1.82, 2.24) is 0 Å². The zero-order chi connectivity index (χ0) is 65.4. The molecule has 19 heteroatoms. The van der Waals surface area contributed by atoms with Crippen molar-refractivity contribution >= 4 is 39.5 Å². The normalized spacial score (nSPS) is 14.0. The zero-order valence-corrected chi connectivity index (χ0v) is 59.2. The van der Waals surface area contributed by atoms with Gasteiger partial charge in [0.2, 0.25) is 0 Å². The molecule has 0 rings (SSSR count). The standard InChI is InChI=1S/C70H136O17P2/c1-5-9-13-17-21-24-26-28-29-30-31-32-33-34-35-36-38-41-45-49-53-57-70(75)87-66(61-81-68(73)55-51-47-43-40-37-27-25-22-18-14-10-6-2)63-85-89(78,79)83-59-64(71)58-82-88(76,77)84-62-65(60-80-67(72)54-50-46-42-20-16-12-8-4)86-69(74)56-52-48-44-39-23-19-15-11-7-3/h64-66,71H,5-63H2,1-4H3,(H,76,77)(H,78,79)/t64-,65+,66+/m0/s1. The highest BCUT2D eigenvalue weighted by molar-refractivity contribution is 7.47. The number of ether oxygens (including phenoxy) is 4. The van der Waals surface area contributed by atoms with Crippen LogP contribution >= 0.6 is 15.6 Å². The molecular formula is C70H136O17P2. The molecule has 528 valence electrons. The molecule has 0 radical (unpaired) electrons. The first-order valence-corrected chi connectivity index (χ1v) is 39.8. The van der Waals surface area contributed by atoms with Crippen LogP contribution in [0.5, 0.6) is 0 Å². The largest absolute Gasteiger partial charge is 0.472 e. The lowest BCUT2D eigenvalue weighted by Crippen LogP contribution is -2.30. The Morgan fingerprint density at radius 2 is 0.449 bits per heavy atom. The van der Waals surface area contributed by atoms with E-state index in [-0.39, 0.29) is 25.7 Å². The average Bonchev–Trinajstić information content (AvgIpc) is 3.53. The molecule has 89 heavy (non-hydrogen) atoms. The van der Waals surface area contributed by atoms with Crippen molar-refractivity contribution < 1.29 is 80.2 Å². The molecule has 0 aromatic rings. The quantitative estimate of drug-likeness (QED) is 0.0222. The average molecular weight is 1310 g/mol. The summed E-state index contributed by atoms with van der Waals surface area (Å²) < 4.78 is 68.1. The summed E-state index contributed by atoms with van der Waals surface area (Å²) in [5, 5.41) is 10.6. The van der Waals surface area contributed by atoms with Gasteiger partial charge in [-0.3, -0.25) is 37.3 Å². The van der Waals surface area contributed by atoms with Crippen LogP contribution in [0.25, 0.3) is 0 Å². The number of phosphoric ester groups is 2. The third kappa shape index (κ3) is 64.6. The topological polar surface area (TPSA) is 237 Å². The predicted octanol–water partition coefficient (Wildman–Crippen LogP) is 20.3. The first kappa shape index (κ1) is 87.1. The lowest BCUT2D eigenvalue weighted by Gasteiger charge is -2.21. The van der Waals surface area contributed by atoms with Gasteiger partial charge in [0.1, 0.15) is 19.3 Å². The zero-order valence-electron chi connectivity index (χ0n) is 57.4. The van der Waals surface area contributed by atoms with Crippen molar-refractivity contribution in [3.05, 3.63) is 0 Å². The van der Waals surface area contributed by atoms with Crippen molar-refractivity contribution in [3.8, 4) is 0 Å². The van der Waals surface area contributed by atoms with E-state index in [0.717, 1.165) is 103 Å². The molecule has 0 heterocycles. The number of rotatable bonds is 71. The van der Waals surface area contributed by atoms with Crippen LogP contribution in [0.15, 0.2) is 0 Å². The molecule has 0 bridgehead atoms. The van der Waals surface area contributed by atoms with Gasteiger partial charge in [-0.25, -0.2) is 9.13 Å². The lowest BCUT2D eigenvalue weighted by atomic mass is 10.0. The van der Waals surface area contributed by atoms with Gasteiger partial charge in [0.05, 0.1) is 26.4 Å². The maximum Gasteiger partial charge on any atom is 0.472 e. The third-order valence-corrected chi connectivity index (χ3v) is 18.3. The van der Waals surface area contributed by atoms with E-state index in [1.165, 1.54) is 186 Å². The van der Waals surface area contributed by atoms with Crippen LogP contribution in [0.1, 0.15) is 368 Å². The number of esters is 4. The fourth-order valence-corrected chi connectivity index (χ4v) is 12.3. The fourth-order valence-electron chi connectivity index (χ4n) is 10.7. The van der Waals surface area contributed by atoms with Gasteiger partial charge in [-0.1, -0.05) is 317 Å². The minimum Gasteiger partial charge on any atom is -0.462 e. The van der Waals surface area contributed by atoms with E-state index >= 15 is 0 Å². The Morgan fingerprint density at radius 3 is 0.663 bits per heavy atom. The molecule has 0 aromatic heterocycles. The number of aliphatic hydroxyl groups excluding tert-OH is 1. The van der Waals surface area contributed by atoms with Gasteiger partial charge in [0.25, 0.3) is 0 Å². The second-order valence-corrected chi connectivity index (χ2v) is 28.2. The highest BCUT2D eigenvalue weighted by atomic mass is 31.2. The molecule has 0 saturated heterocycles. The number of unbranched alkanes of at least 4 members (excludes halogenated alkanes) is 45. The monoisotopic (exact) mass is 1310 g/mol. The van der Waals surface area contributed by atoms with E-state index in [2.05, 4.69) is 27.7 Å². The molecule has 0 spiro atoms. The van der Waals surface area contributed by atoms with Crippen LogP contribution in [0, 0.1) is 0 Å². The molecule has 0 fully saturated rings. The summed E-state index contributed by atoms with van der Waals surface area (Å²) in [6, 6.07) is 0. The molecule has 0 aliphatic rings. The van der Waals surface area contributed by atoms with Crippen LogP contribution in [0.2, 0.25) is 0 Å². The molecule has 0 saturated carbocycles. The van der Waals surface area contributed by atoms with E-state index in [1.54, 1.807) is 0 Å². The van der Waals surface area contributed by atoms with Crippen LogP contribution in [0.3, 0.4) is 0 Å². The van der Waals surface area contributed by atoms with Crippen molar-refractivity contribution in [2.45, 2.75) is 386 Å². The smallest absolute Gasteiger partial charge is 0.462 e. The second kappa shape index (κ2) is 64.8. The summed E-state index contributed by atoms with van der Waals surface area (Å²) in [4.78, 5) is 72.3.